The van der Waals surface area contributed by atoms with Gasteiger partial charge in [-0.3, -0.25) is 9.58 Å². The fraction of sp³-hybridized carbons (Fsp3) is 0.769. The molecule has 3 N–H and O–H groups in total. The first kappa shape index (κ1) is 14.1. The molecular formula is C13H25N5O. The highest BCUT2D eigenvalue weighted by Gasteiger charge is 2.12. The molecule has 19 heavy (non-hydrogen) atoms. The van der Waals surface area contributed by atoms with E-state index in [1.54, 1.807) is 0 Å². The van der Waals surface area contributed by atoms with Crippen LogP contribution in [0.25, 0.3) is 0 Å². The van der Waals surface area contributed by atoms with Crippen LogP contribution in [0.1, 0.15) is 19.0 Å². The Hall–Kier alpha value is -1.27. The number of ether oxygens (including phenoxy) is 1. The highest BCUT2D eigenvalue weighted by atomic mass is 16.5. The van der Waals surface area contributed by atoms with E-state index < -0.39 is 0 Å². The van der Waals surface area contributed by atoms with Crippen molar-refractivity contribution in [1.29, 1.82) is 0 Å². The first-order valence-electron chi connectivity index (χ1n) is 7.07. The Kier molecular flexibility index (Phi) is 5.04. The van der Waals surface area contributed by atoms with Crippen LogP contribution in [-0.4, -0.2) is 54.1 Å². The number of aryl methyl sites for hydroxylation is 2. The van der Waals surface area contributed by atoms with Gasteiger partial charge in [-0.1, -0.05) is 6.92 Å². The summed E-state index contributed by atoms with van der Waals surface area (Å²) < 4.78 is 7.17. The van der Waals surface area contributed by atoms with Gasteiger partial charge in [0, 0.05) is 26.7 Å². The zero-order valence-electron chi connectivity index (χ0n) is 12.0. The minimum atomic E-state index is 0.788. The second-order valence-corrected chi connectivity index (χ2v) is 4.92. The Balaban J connectivity index is 1.74. The maximum absolute atomic E-state index is 6.07. The molecule has 0 amide bonds. The quantitative estimate of drug-likeness (QED) is 0.743. The molecule has 0 radical (unpaired) electrons. The third-order valence-electron chi connectivity index (χ3n) is 3.54. The number of anilines is 2. The maximum Gasteiger partial charge on any atom is 0.147 e. The normalized spacial score (nSPS) is 16.7. The molecule has 0 spiro atoms. The van der Waals surface area contributed by atoms with Gasteiger partial charge in [0.2, 0.25) is 0 Å². The van der Waals surface area contributed by atoms with Gasteiger partial charge in [-0.25, -0.2) is 0 Å². The highest BCUT2D eigenvalue weighted by Crippen LogP contribution is 2.21. The van der Waals surface area contributed by atoms with Crippen LogP contribution >= 0.6 is 0 Å². The van der Waals surface area contributed by atoms with Crippen molar-refractivity contribution in [3.05, 3.63) is 5.69 Å². The molecule has 0 aromatic carbocycles. The molecule has 1 aliphatic heterocycles. The second-order valence-electron chi connectivity index (χ2n) is 4.92. The Morgan fingerprint density at radius 1 is 1.37 bits per heavy atom. The van der Waals surface area contributed by atoms with Crippen molar-refractivity contribution in [1.82, 2.24) is 14.7 Å². The third kappa shape index (κ3) is 3.61. The minimum Gasteiger partial charge on any atom is -0.394 e. The molecule has 0 aliphatic carbocycles. The number of hydrogen-bond acceptors (Lipinski definition) is 5. The average Bonchev–Trinajstić information content (AvgIpc) is 2.71. The van der Waals surface area contributed by atoms with E-state index in [2.05, 4.69) is 22.2 Å². The lowest BCUT2D eigenvalue weighted by Gasteiger charge is -2.26. The SMILES string of the molecule is CCc1nn(C)c(NCCCN2CCOCC2)c1N. The van der Waals surface area contributed by atoms with E-state index in [4.69, 9.17) is 10.5 Å². The van der Waals surface area contributed by atoms with Crippen LogP contribution in [0, 0.1) is 0 Å². The number of morpholine rings is 1. The first-order valence-corrected chi connectivity index (χ1v) is 7.07. The Labute approximate surface area is 114 Å². The minimum absolute atomic E-state index is 0.788. The van der Waals surface area contributed by atoms with Gasteiger partial charge in [-0.15, -0.1) is 0 Å². The van der Waals surface area contributed by atoms with Crippen molar-refractivity contribution in [3.8, 4) is 0 Å². The number of aromatic nitrogens is 2. The first-order chi connectivity index (χ1) is 9.22. The summed E-state index contributed by atoms with van der Waals surface area (Å²) in [7, 11) is 1.93. The lowest BCUT2D eigenvalue weighted by Crippen LogP contribution is -2.37. The number of hydrogen-bond donors (Lipinski definition) is 2. The molecule has 1 aromatic heterocycles. The summed E-state index contributed by atoms with van der Waals surface area (Å²) >= 11 is 0. The highest BCUT2D eigenvalue weighted by molar-refractivity contribution is 5.64. The predicted octanol–water partition coefficient (Wildman–Crippen LogP) is 0.699. The zero-order valence-corrected chi connectivity index (χ0v) is 12.0. The van der Waals surface area contributed by atoms with E-state index in [0.29, 0.717) is 0 Å². The fourth-order valence-electron chi connectivity index (χ4n) is 2.40. The van der Waals surface area contributed by atoms with Crippen LogP contribution < -0.4 is 11.1 Å². The van der Waals surface area contributed by atoms with E-state index in [0.717, 1.165) is 69.4 Å². The summed E-state index contributed by atoms with van der Waals surface area (Å²) in [5.74, 6) is 0.943. The Morgan fingerprint density at radius 3 is 2.74 bits per heavy atom. The lowest BCUT2D eigenvalue weighted by molar-refractivity contribution is 0.0378. The summed E-state index contributed by atoms with van der Waals surface area (Å²) in [6.45, 7) is 7.92. The van der Waals surface area contributed by atoms with Crippen molar-refractivity contribution in [2.45, 2.75) is 19.8 Å². The predicted molar refractivity (Wildman–Crippen MR) is 77.4 cm³/mol. The number of nitrogen functional groups attached to an aromatic ring is 1. The van der Waals surface area contributed by atoms with Crippen LogP contribution in [0.2, 0.25) is 0 Å². The molecule has 0 atom stereocenters. The van der Waals surface area contributed by atoms with Gasteiger partial charge in [0.05, 0.1) is 24.6 Å². The van der Waals surface area contributed by atoms with Gasteiger partial charge in [0.15, 0.2) is 0 Å². The largest absolute Gasteiger partial charge is 0.394 e. The van der Waals surface area contributed by atoms with Gasteiger partial charge in [-0.05, 0) is 19.4 Å². The Morgan fingerprint density at radius 2 is 2.11 bits per heavy atom. The van der Waals surface area contributed by atoms with Crippen LogP contribution in [0.15, 0.2) is 0 Å². The molecule has 0 unspecified atom stereocenters. The van der Waals surface area contributed by atoms with E-state index in [9.17, 15) is 0 Å². The smallest absolute Gasteiger partial charge is 0.147 e. The number of nitrogens with zero attached hydrogens (tertiary/aromatic N) is 3. The molecular weight excluding hydrogens is 242 g/mol. The number of nitrogens with one attached hydrogen (secondary N) is 1. The maximum atomic E-state index is 6.07. The van der Waals surface area contributed by atoms with Gasteiger partial charge >= 0.3 is 0 Å². The summed E-state index contributed by atoms with van der Waals surface area (Å²) in [5, 5.41) is 7.79. The van der Waals surface area contributed by atoms with Crippen molar-refractivity contribution >= 4 is 11.5 Å². The van der Waals surface area contributed by atoms with Crippen molar-refractivity contribution in [2.75, 3.05) is 50.4 Å². The molecule has 2 heterocycles. The summed E-state index contributed by atoms with van der Waals surface area (Å²) in [5.41, 5.74) is 7.83. The summed E-state index contributed by atoms with van der Waals surface area (Å²) in [4.78, 5) is 2.44. The third-order valence-corrected chi connectivity index (χ3v) is 3.54. The molecule has 0 bridgehead atoms. The zero-order chi connectivity index (χ0) is 13.7. The molecule has 0 saturated carbocycles. The van der Waals surface area contributed by atoms with Crippen LogP contribution in [0.4, 0.5) is 11.5 Å². The van der Waals surface area contributed by atoms with Crippen molar-refractivity contribution in [2.24, 2.45) is 7.05 Å². The van der Waals surface area contributed by atoms with Crippen LogP contribution in [0.3, 0.4) is 0 Å². The van der Waals surface area contributed by atoms with E-state index in [-0.39, 0.29) is 0 Å². The molecule has 1 aromatic rings. The molecule has 6 nitrogen and oxygen atoms in total. The second kappa shape index (κ2) is 6.77. The number of nitrogens with two attached hydrogens (primary N) is 1. The lowest BCUT2D eigenvalue weighted by atomic mass is 10.3. The van der Waals surface area contributed by atoms with Crippen LogP contribution in [0.5, 0.6) is 0 Å². The standard InChI is InChI=1S/C13H25N5O/c1-3-11-12(14)13(17(2)16-11)15-5-4-6-18-7-9-19-10-8-18/h15H,3-10,14H2,1-2H3. The Bertz CT molecular complexity index is 398. The van der Waals surface area contributed by atoms with Gasteiger partial charge in [-0.2, -0.15) is 5.10 Å². The molecule has 2 rings (SSSR count). The van der Waals surface area contributed by atoms with E-state index in [1.807, 2.05) is 11.7 Å². The monoisotopic (exact) mass is 267 g/mol. The van der Waals surface area contributed by atoms with Crippen LogP contribution in [-0.2, 0) is 18.2 Å². The summed E-state index contributed by atoms with van der Waals surface area (Å²) in [6, 6.07) is 0. The van der Waals surface area contributed by atoms with E-state index >= 15 is 0 Å². The molecule has 108 valence electrons. The molecule has 1 saturated heterocycles. The van der Waals surface area contributed by atoms with Crippen molar-refractivity contribution in [3.63, 3.8) is 0 Å². The number of rotatable bonds is 6. The topological polar surface area (TPSA) is 68.3 Å². The van der Waals surface area contributed by atoms with Crippen molar-refractivity contribution < 1.29 is 4.74 Å². The molecule has 6 heteroatoms. The van der Waals surface area contributed by atoms with Gasteiger partial charge < -0.3 is 15.8 Å². The fourth-order valence-corrected chi connectivity index (χ4v) is 2.40. The molecule has 1 aliphatic rings. The summed E-state index contributed by atoms with van der Waals surface area (Å²) in [6.07, 6.45) is 1.97. The molecule has 1 fully saturated rings. The van der Waals surface area contributed by atoms with Gasteiger partial charge in [0.1, 0.15) is 5.82 Å². The average molecular weight is 267 g/mol. The van der Waals surface area contributed by atoms with E-state index in [1.165, 1.54) is 0 Å². The van der Waals surface area contributed by atoms with Gasteiger partial charge in [0.25, 0.3) is 0 Å².